The first kappa shape index (κ1) is 12.3. The number of nitrogens with one attached hydrogen (secondary N) is 1. The summed E-state index contributed by atoms with van der Waals surface area (Å²) in [7, 11) is 0. The highest BCUT2D eigenvalue weighted by Gasteiger charge is 2.06. The summed E-state index contributed by atoms with van der Waals surface area (Å²) in [4.78, 5) is 11.2. The summed E-state index contributed by atoms with van der Waals surface area (Å²) in [5, 5.41) is 2.62. The summed E-state index contributed by atoms with van der Waals surface area (Å²) < 4.78 is 18.2. The lowest BCUT2D eigenvalue weighted by Gasteiger charge is -2.07. The molecule has 0 radical (unpaired) electrons. The number of anilines is 1. The third kappa shape index (κ3) is 3.76. The zero-order chi connectivity index (χ0) is 12.0. The van der Waals surface area contributed by atoms with E-state index in [0.717, 1.165) is 12.5 Å². The fraction of sp³-hybridized carbons (Fsp3) is 0.364. The second kappa shape index (κ2) is 5.95. The van der Waals surface area contributed by atoms with Crippen molar-refractivity contribution in [2.45, 2.75) is 13.3 Å². The van der Waals surface area contributed by atoms with Crippen LogP contribution in [0.1, 0.15) is 13.3 Å². The second-order valence-electron chi connectivity index (χ2n) is 3.33. The third-order valence-corrected chi connectivity index (χ3v) is 1.89. The summed E-state index contributed by atoms with van der Waals surface area (Å²) in [6, 6.07) is 4.07. The van der Waals surface area contributed by atoms with Gasteiger partial charge in [-0.25, -0.2) is 4.39 Å². The van der Waals surface area contributed by atoms with E-state index in [1.807, 2.05) is 6.92 Å². The Morgan fingerprint density at radius 1 is 1.56 bits per heavy atom. The first-order chi connectivity index (χ1) is 7.63. The minimum Gasteiger partial charge on any atom is -0.481 e. The minimum absolute atomic E-state index is 0.0286. The van der Waals surface area contributed by atoms with E-state index in [1.165, 1.54) is 12.1 Å². The van der Waals surface area contributed by atoms with Gasteiger partial charge in [-0.15, -0.1) is 0 Å². The number of nitrogens with two attached hydrogens (primary N) is 1. The highest BCUT2D eigenvalue weighted by atomic mass is 19.1. The first-order valence-corrected chi connectivity index (χ1v) is 5.08. The van der Waals surface area contributed by atoms with Gasteiger partial charge in [0, 0.05) is 18.3 Å². The Morgan fingerprint density at radius 2 is 2.31 bits per heavy atom. The lowest BCUT2D eigenvalue weighted by Crippen LogP contribution is -2.29. The van der Waals surface area contributed by atoms with Crippen LogP contribution in [0.3, 0.4) is 0 Å². The van der Waals surface area contributed by atoms with Crippen LogP contribution in [0, 0.1) is 5.82 Å². The van der Waals surface area contributed by atoms with E-state index in [9.17, 15) is 9.18 Å². The molecule has 5 heteroatoms. The molecule has 0 fully saturated rings. The molecule has 0 saturated carbocycles. The fourth-order valence-corrected chi connectivity index (χ4v) is 1.09. The molecule has 0 aliphatic rings. The van der Waals surface area contributed by atoms with E-state index >= 15 is 0 Å². The molecule has 88 valence electrons. The second-order valence-corrected chi connectivity index (χ2v) is 3.33. The van der Waals surface area contributed by atoms with Gasteiger partial charge in [0.15, 0.2) is 18.2 Å². The zero-order valence-electron chi connectivity index (χ0n) is 9.13. The maximum Gasteiger partial charge on any atom is 0.257 e. The van der Waals surface area contributed by atoms with Gasteiger partial charge in [-0.05, 0) is 18.6 Å². The Labute approximate surface area is 93.6 Å². The smallest absolute Gasteiger partial charge is 0.257 e. The molecule has 0 unspecified atom stereocenters. The summed E-state index contributed by atoms with van der Waals surface area (Å²) in [5.74, 6) is -0.804. The molecule has 0 spiro atoms. The van der Waals surface area contributed by atoms with Gasteiger partial charge < -0.3 is 15.8 Å². The monoisotopic (exact) mass is 226 g/mol. The van der Waals surface area contributed by atoms with Gasteiger partial charge >= 0.3 is 0 Å². The molecular formula is C11H15FN2O2. The Hall–Kier alpha value is -1.78. The van der Waals surface area contributed by atoms with E-state index < -0.39 is 5.82 Å². The largest absolute Gasteiger partial charge is 0.481 e. The van der Waals surface area contributed by atoms with Crippen molar-refractivity contribution in [3.05, 3.63) is 24.0 Å². The minimum atomic E-state index is -0.566. The van der Waals surface area contributed by atoms with Crippen LogP contribution in [0.2, 0.25) is 0 Å². The van der Waals surface area contributed by atoms with E-state index in [-0.39, 0.29) is 18.3 Å². The third-order valence-electron chi connectivity index (χ3n) is 1.89. The summed E-state index contributed by atoms with van der Waals surface area (Å²) in [6.07, 6.45) is 0.849. The Bertz CT molecular complexity index is 369. The van der Waals surface area contributed by atoms with Crippen molar-refractivity contribution in [1.82, 2.24) is 5.32 Å². The van der Waals surface area contributed by atoms with Gasteiger partial charge in [0.2, 0.25) is 0 Å². The van der Waals surface area contributed by atoms with Crippen LogP contribution >= 0.6 is 0 Å². The molecule has 3 N–H and O–H groups in total. The molecule has 0 atom stereocenters. The predicted molar refractivity (Wildman–Crippen MR) is 59.6 cm³/mol. The van der Waals surface area contributed by atoms with Crippen LogP contribution in [0.5, 0.6) is 5.75 Å². The number of nitrogen functional groups attached to an aromatic ring is 1. The molecule has 1 aromatic rings. The van der Waals surface area contributed by atoms with E-state index in [4.69, 9.17) is 10.5 Å². The Balaban J connectivity index is 2.45. The number of ether oxygens (including phenoxy) is 1. The number of rotatable bonds is 5. The number of hydrogen-bond acceptors (Lipinski definition) is 3. The van der Waals surface area contributed by atoms with E-state index in [2.05, 4.69) is 5.32 Å². The molecular weight excluding hydrogens is 211 g/mol. The number of amides is 1. The zero-order valence-corrected chi connectivity index (χ0v) is 9.13. The highest BCUT2D eigenvalue weighted by molar-refractivity contribution is 5.77. The van der Waals surface area contributed by atoms with Crippen LogP contribution in [0.25, 0.3) is 0 Å². The normalized spacial score (nSPS) is 9.88. The van der Waals surface area contributed by atoms with Crippen LogP contribution in [0.4, 0.5) is 10.1 Å². The Morgan fingerprint density at radius 3 is 2.94 bits per heavy atom. The fourth-order valence-electron chi connectivity index (χ4n) is 1.09. The average Bonchev–Trinajstić information content (AvgIpc) is 2.25. The van der Waals surface area contributed by atoms with Gasteiger partial charge in [-0.2, -0.15) is 0 Å². The predicted octanol–water partition coefficient (Wildman–Crippen LogP) is 1.31. The van der Waals surface area contributed by atoms with E-state index in [1.54, 1.807) is 0 Å². The number of benzene rings is 1. The molecule has 0 aliphatic heterocycles. The quantitative estimate of drug-likeness (QED) is 0.744. The summed E-state index contributed by atoms with van der Waals surface area (Å²) in [6.45, 7) is 2.34. The maximum absolute atomic E-state index is 13.2. The Kier molecular flexibility index (Phi) is 4.57. The van der Waals surface area contributed by atoms with Crippen LogP contribution < -0.4 is 15.8 Å². The molecule has 0 bridgehead atoms. The van der Waals surface area contributed by atoms with Crippen molar-refractivity contribution in [2.24, 2.45) is 0 Å². The standard InChI is InChI=1S/C11H15FN2O2/c1-2-5-14-11(15)7-16-10-4-3-8(13)6-9(10)12/h3-4,6H,2,5,7,13H2,1H3,(H,14,15). The lowest BCUT2D eigenvalue weighted by atomic mass is 10.3. The molecule has 0 saturated heterocycles. The molecule has 16 heavy (non-hydrogen) atoms. The summed E-state index contributed by atoms with van der Waals surface area (Å²) >= 11 is 0. The van der Waals surface area contributed by atoms with Crippen molar-refractivity contribution in [2.75, 3.05) is 18.9 Å². The molecule has 1 rings (SSSR count). The van der Waals surface area contributed by atoms with Gasteiger partial charge in [-0.1, -0.05) is 6.92 Å². The molecule has 1 aromatic carbocycles. The van der Waals surface area contributed by atoms with Crippen LogP contribution in [-0.2, 0) is 4.79 Å². The van der Waals surface area contributed by atoms with Gasteiger partial charge in [-0.3, -0.25) is 4.79 Å². The van der Waals surface area contributed by atoms with Crippen molar-refractivity contribution < 1.29 is 13.9 Å². The first-order valence-electron chi connectivity index (χ1n) is 5.08. The molecule has 0 heterocycles. The van der Waals surface area contributed by atoms with Crippen LogP contribution in [-0.4, -0.2) is 19.1 Å². The number of carbonyl (C=O) groups excluding carboxylic acids is 1. The van der Waals surface area contributed by atoms with Gasteiger partial charge in [0.1, 0.15) is 0 Å². The average molecular weight is 226 g/mol. The number of carbonyl (C=O) groups is 1. The van der Waals surface area contributed by atoms with Crippen molar-refractivity contribution >= 4 is 11.6 Å². The SMILES string of the molecule is CCCNC(=O)COc1ccc(N)cc1F. The molecule has 1 amide bonds. The molecule has 0 aromatic heterocycles. The topological polar surface area (TPSA) is 64.3 Å². The van der Waals surface area contributed by atoms with Crippen LogP contribution in [0.15, 0.2) is 18.2 Å². The highest BCUT2D eigenvalue weighted by Crippen LogP contribution is 2.18. The van der Waals surface area contributed by atoms with Gasteiger partial charge in [0.25, 0.3) is 5.91 Å². The van der Waals surface area contributed by atoms with Crippen molar-refractivity contribution in [1.29, 1.82) is 0 Å². The van der Waals surface area contributed by atoms with Gasteiger partial charge in [0.05, 0.1) is 0 Å². The lowest BCUT2D eigenvalue weighted by molar-refractivity contribution is -0.123. The maximum atomic E-state index is 13.2. The number of halogens is 1. The molecule has 4 nitrogen and oxygen atoms in total. The van der Waals surface area contributed by atoms with Crippen molar-refractivity contribution in [3.63, 3.8) is 0 Å². The van der Waals surface area contributed by atoms with E-state index in [0.29, 0.717) is 12.2 Å². The number of hydrogen-bond donors (Lipinski definition) is 2. The van der Waals surface area contributed by atoms with Crippen molar-refractivity contribution in [3.8, 4) is 5.75 Å². The molecule has 0 aliphatic carbocycles. The summed E-state index contributed by atoms with van der Waals surface area (Å²) in [5.41, 5.74) is 5.69.